The van der Waals surface area contributed by atoms with Gasteiger partial charge in [0.25, 0.3) is 0 Å². The summed E-state index contributed by atoms with van der Waals surface area (Å²) in [5.74, 6) is 0.864. The van der Waals surface area contributed by atoms with Crippen molar-refractivity contribution in [1.29, 1.82) is 0 Å². The first-order valence-electron chi connectivity index (χ1n) is 10.1. The Morgan fingerprint density at radius 2 is 1.06 bits per heavy atom. The summed E-state index contributed by atoms with van der Waals surface area (Å²) in [7, 11) is 0. The molecule has 4 heterocycles. The van der Waals surface area contributed by atoms with Gasteiger partial charge in [-0.05, 0) is 36.4 Å². The van der Waals surface area contributed by atoms with Gasteiger partial charge < -0.3 is 10.2 Å². The zero-order valence-electron chi connectivity index (χ0n) is 16.8. The number of hydroxylamine groups is 6. The van der Waals surface area contributed by atoms with E-state index in [2.05, 4.69) is 0 Å². The Bertz CT molecular complexity index is 1250. The van der Waals surface area contributed by atoms with E-state index in [0.29, 0.717) is 34.3 Å². The van der Waals surface area contributed by atoms with Crippen molar-refractivity contribution in [2.75, 3.05) is 0 Å². The topological polar surface area (TPSA) is 76.0 Å². The van der Waals surface area contributed by atoms with Gasteiger partial charge in [0.1, 0.15) is 0 Å². The predicted molar refractivity (Wildman–Crippen MR) is 114 cm³/mol. The molecule has 7 nitrogen and oxygen atoms in total. The second-order valence-corrected chi connectivity index (χ2v) is 7.60. The van der Waals surface area contributed by atoms with Crippen molar-refractivity contribution in [3.63, 3.8) is 0 Å². The van der Waals surface area contributed by atoms with Crippen LogP contribution in [0.1, 0.15) is 0 Å². The Hall–Kier alpha value is -4.33. The van der Waals surface area contributed by atoms with E-state index >= 15 is 0 Å². The third-order valence-electron chi connectivity index (χ3n) is 5.85. The van der Waals surface area contributed by atoms with E-state index in [1.165, 1.54) is 0 Å². The second kappa shape index (κ2) is 6.34. The quantitative estimate of drug-likeness (QED) is 0.657. The monoisotopic (exact) mass is 426 g/mol. The summed E-state index contributed by atoms with van der Waals surface area (Å²) in [6, 6.07) is 17.3. The van der Waals surface area contributed by atoms with Crippen molar-refractivity contribution >= 4 is 6.03 Å². The summed E-state index contributed by atoms with van der Waals surface area (Å²) in [5.41, 5.74) is 1.17. The number of aliphatic hydroxyl groups excluding tert-OH is 2. The summed E-state index contributed by atoms with van der Waals surface area (Å²) in [6.07, 6.45) is 10.0. The normalized spacial score (nSPS) is 26.6. The van der Waals surface area contributed by atoms with Crippen molar-refractivity contribution < 1.29 is 34.0 Å². The van der Waals surface area contributed by atoms with Crippen LogP contribution in [-0.2, 0) is 0 Å². The summed E-state index contributed by atoms with van der Waals surface area (Å²) in [6.45, 7) is 0. The average Bonchev–Trinajstić information content (AvgIpc) is 2.85. The van der Waals surface area contributed by atoms with Gasteiger partial charge in [-0.15, -0.1) is 0 Å². The predicted octanol–water partition coefficient (Wildman–Crippen LogP) is 5.20. The molecule has 2 atom stereocenters. The molecular formula is C25H18N2O5+2. The van der Waals surface area contributed by atoms with Crippen LogP contribution >= 0.6 is 0 Å². The van der Waals surface area contributed by atoms with E-state index in [4.69, 9.17) is 9.68 Å². The molecule has 2 amide bonds. The summed E-state index contributed by atoms with van der Waals surface area (Å²) < 4.78 is -1.41. The largest absolute Gasteiger partial charge is 0.621 e. The van der Waals surface area contributed by atoms with Crippen LogP contribution in [0.5, 0.6) is 11.5 Å². The molecule has 7 heteroatoms. The van der Waals surface area contributed by atoms with Gasteiger partial charge in [-0.2, -0.15) is 4.79 Å². The van der Waals surface area contributed by atoms with Gasteiger partial charge >= 0.3 is 6.03 Å². The van der Waals surface area contributed by atoms with Gasteiger partial charge in [0, 0.05) is 24.3 Å². The van der Waals surface area contributed by atoms with Crippen LogP contribution in [0.15, 0.2) is 131 Å². The van der Waals surface area contributed by atoms with Crippen LogP contribution in [0, 0.1) is 0 Å². The molecule has 0 saturated carbocycles. The molecule has 4 aliphatic rings. The lowest BCUT2D eigenvalue weighted by Gasteiger charge is -2.46. The number of rotatable bonds is 4. The van der Waals surface area contributed by atoms with Crippen LogP contribution in [0.3, 0.4) is 0 Å². The molecule has 2 aromatic carbocycles. The Labute approximate surface area is 183 Å². The van der Waals surface area contributed by atoms with Crippen LogP contribution in [0.4, 0.5) is 4.79 Å². The number of urea groups is 1. The number of hydrogen-bond donors (Lipinski definition) is 2. The number of quaternary nitrogens is 2. The number of carbonyl (C=O) groups is 1. The minimum Gasteiger partial charge on any atom is -0.498 e. The lowest BCUT2D eigenvalue weighted by Crippen LogP contribution is -2.73. The Balaban J connectivity index is 1.53. The molecule has 4 bridgehead atoms. The second-order valence-electron chi connectivity index (χ2n) is 7.60. The van der Waals surface area contributed by atoms with Crippen molar-refractivity contribution in [3.8, 4) is 11.5 Å². The van der Waals surface area contributed by atoms with Crippen LogP contribution < -0.4 is 9.68 Å². The lowest BCUT2D eigenvalue weighted by atomic mass is 9.97. The van der Waals surface area contributed by atoms with Gasteiger partial charge in [-0.1, -0.05) is 36.4 Å². The number of carbonyl (C=O) groups excluding carboxylic acids is 1. The molecule has 2 unspecified atom stereocenters. The first-order valence-corrected chi connectivity index (χ1v) is 10.1. The zero-order chi connectivity index (χ0) is 21.9. The van der Waals surface area contributed by atoms with Crippen LogP contribution in [-0.4, -0.2) is 25.5 Å². The minimum absolute atomic E-state index is 0.0111. The van der Waals surface area contributed by atoms with Gasteiger partial charge in [-0.3, -0.25) is 9.68 Å². The van der Waals surface area contributed by atoms with Crippen LogP contribution in [0.25, 0.3) is 0 Å². The maximum absolute atomic E-state index is 14.4. The highest BCUT2D eigenvalue weighted by molar-refractivity contribution is 5.73. The number of amides is 2. The number of fused-ring (bicyclic) bond motifs is 4. The minimum atomic E-state index is -0.707. The molecule has 2 N–H and O–H groups in total. The highest BCUT2D eigenvalue weighted by Gasteiger charge is 2.78. The standard InChI is InChI=1S/C25H16N2O5/c28-23-19-13-7-14-20(23)26(19,31-17-9-3-1-4-10-17)25(30)27(32-18-11-5-2-6-12-18)21-15-8-16-22(27)24(21)29/h1-16H/p+2. The van der Waals surface area contributed by atoms with Crippen LogP contribution in [0.2, 0.25) is 0 Å². The average molecular weight is 426 g/mol. The van der Waals surface area contributed by atoms with E-state index in [-0.39, 0.29) is 11.5 Å². The molecule has 0 saturated heterocycles. The molecule has 0 radical (unpaired) electrons. The maximum atomic E-state index is 14.4. The maximum Gasteiger partial charge on any atom is 0.621 e. The summed E-state index contributed by atoms with van der Waals surface area (Å²) >= 11 is 0. The third kappa shape index (κ3) is 2.13. The number of aliphatic hydroxyl groups is 2. The van der Waals surface area contributed by atoms with Crippen molar-refractivity contribution in [1.82, 2.24) is 0 Å². The summed E-state index contributed by atoms with van der Waals surface area (Å²) in [4.78, 5) is 26.9. The SMILES string of the molecule is O=C([N+]1(Oc2ccccc2)C2=CC=CC1=C2O)[N+]1(Oc2ccccc2)C2=CC=CC1=C2O. The first-order chi connectivity index (χ1) is 15.6. The van der Waals surface area contributed by atoms with Gasteiger partial charge in [0.05, 0.1) is 9.29 Å². The van der Waals surface area contributed by atoms with E-state index in [1.807, 2.05) is 12.1 Å². The zero-order valence-corrected chi connectivity index (χ0v) is 16.8. The van der Waals surface area contributed by atoms with Crippen molar-refractivity contribution in [3.05, 3.63) is 131 Å². The Morgan fingerprint density at radius 3 is 1.38 bits per heavy atom. The highest BCUT2D eigenvalue weighted by Crippen LogP contribution is 2.54. The molecule has 4 aliphatic heterocycles. The molecule has 0 aliphatic carbocycles. The van der Waals surface area contributed by atoms with Crippen molar-refractivity contribution in [2.45, 2.75) is 0 Å². The smallest absolute Gasteiger partial charge is 0.498 e. The fourth-order valence-electron chi connectivity index (χ4n) is 4.37. The highest BCUT2D eigenvalue weighted by atomic mass is 16.8. The Kier molecular flexibility index (Phi) is 3.65. The van der Waals surface area contributed by atoms with E-state index in [0.717, 1.165) is 0 Å². The number of benzene rings is 2. The molecule has 6 rings (SSSR count). The molecule has 0 fully saturated rings. The van der Waals surface area contributed by atoms with E-state index < -0.39 is 15.3 Å². The molecule has 2 aromatic rings. The van der Waals surface area contributed by atoms with E-state index in [9.17, 15) is 15.0 Å². The molecular weight excluding hydrogens is 408 g/mol. The van der Waals surface area contributed by atoms with Gasteiger partial charge in [0.15, 0.2) is 11.5 Å². The number of hydrogen-bond acceptors (Lipinski definition) is 5. The molecule has 0 spiro atoms. The third-order valence-corrected chi connectivity index (χ3v) is 5.85. The number of para-hydroxylation sites is 2. The van der Waals surface area contributed by atoms with E-state index in [1.54, 1.807) is 85.0 Å². The molecule has 0 aromatic heterocycles. The molecule has 32 heavy (non-hydrogen) atoms. The van der Waals surface area contributed by atoms with Gasteiger partial charge in [-0.25, -0.2) is 0 Å². The van der Waals surface area contributed by atoms with Crippen molar-refractivity contribution in [2.24, 2.45) is 0 Å². The number of nitrogens with zero attached hydrogens (tertiary/aromatic N) is 2. The lowest BCUT2D eigenvalue weighted by molar-refractivity contribution is -1.07. The summed E-state index contributed by atoms with van der Waals surface area (Å²) in [5, 5.41) is 21.1. The fourth-order valence-corrected chi connectivity index (χ4v) is 4.37. The van der Waals surface area contributed by atoms with Gasteiger partial charge in [0.2, 0.25) is 34.3 Å². The first kappa shape index (κ1) is 18.4. The molecule has 156 valence electrons. The Morgan fingerprint density at radius 1 is 0.656 bits per heavy atom. The fraction of sp³-hybridized carbons (Fsp3) is 0. The number of allylic oxidation sites excluding steroid dienone is 6.